The minimum Gasteiger partial charge on any atom is -0.319 e. The minimum atomic E-state index is -0.115. The quantitative estimate of drug-likeness (QED) is 0.874. The van der Waals surface area contributed by atoms with Gasteiger partial charge in [-0.1, -0.05) is 19.3 Å². The molecule has 0 saturated heterocycles. The summed E-state index contributed by atoms with van der Waals surface area (Å²) in [7, 11) is 0. The van der Waals surface area contributed by atoms with Crippen LogP contribution in [0.2, 0.25) is 0 Å². The molecule has 0 aromatic carbocycles. The Morgan fingerprint density at radius 2 is 1.73 bits per heavy atom. The minimum absolute atomic E-state index is 0.115. The first kappa shape index (κ1) is 13.2. The van der Waals surface area contributed by atoms with Crippen molar-refractivity contribution in [3.05, 3.63) is 42.2 Å². The molecule has 4 rings (SSSR count). The van der Waals surface area contributed by atoms with E-state index in [1.54, 1.807) is 18.5 Å². The first-order valence-corrected chi connectivity index (χ1v) is 7.85. The Kier molecular flexibility index (Phi) is 3.25. The van der Waals surface area contributed by atoms with Crippen molar-refractivity contribution in [2.24, 2.45) is 0 Å². The summed E-state index contributed by atoms with van der Waals surface area (Å²) < 4.78 is 0. The van der Waals surface area contributed by atoms with Gasteiger partial charge in [0, 0.05) is 18.4 Å². The van der Waals surface area contributed by atoms with Crippen LogP contribution in [0.4, 0.5) is 17.3 Å². The highest BCUT2D eigenvalue weighted by Crippen LogP contribution is 2.39. The lowest BCUT2D eigenvalue weighted by molar-refractivity contribution is 0.102. The predicted molar refractivity (Wildman–Crippen MR) is 85.4 cm³/mol. The van der Waals surface area contributed by atoms with E-state index in [0.29, 0.717) is 11.6 Å². The van der Waals surface area contributed by atoms with E-state index in [0.717, 1.165) is 30.2 Å². The third-order valence-corrected chi connectivity index (χ3v) is 4.46. The Bertz CT molecular complexity index is 709. The Morgan fingerprint density at radius 3 is 2.55 bits per heavy atom. The molecule has 0 spiro atoms. The maximum absolute atomic E-state index is 12.5. The summed E-state index contributed by atoms with van der Waals surface area (Å²) in [5.74, 6) is 1.42. The summed E-state index contributed by atoms with van der Waals surface area (Å²) in [6.45, 7) is 0. The Hall–Kier alpha value is -2.43. The van der Waals surface area contributed by atoms with Crippen LogP contribution in [0.1, 0.15) is 42.5 Å². The molecule has 0 bridgehead atoms. The number of carbonyl (C=O) groups excluding carboxylic acids is 1. The molecule has 1 saturated carbocycles. The Balaban J connectivity index is 1.90. The van der Waals surface area contributed by atoms with Gasteiger partial charge in [-0.2, -0.15) is 0 Å². The fourth-order valence-corrected chi connectivity index (χ4v) is 3.43. The number of nitrogens with zero attached hydrogens (tertiary/aromatic N) is 3. The van der Waals surface area contributed by atoms with Crippen molar-refractivity contribution >= 4 is 23.2 Å². The highest BCUT2D eigenvalue weighted by atomic mass is 16.1. The van der Waals surface area contributed by atoms with Gasteiger partial charge in [0.05, 0.1) is 11.3 Å². The molecule has 0 radical (unpaired) electrons. The number of nitrogens with one attached hydrogen (secondary N) is 1. The summed E-state index contributed by atoms with van der Waals surface area (Å²) in [5.41, 5.74) is 1.38. The van der Waals surface area contributed by atoms with E-state index >= 15 is 0 Å². The van der Waals surface area contributed by atoms with Crippen LogP contribution >= 0.6 is 0 Å². The van der Waals surface area contributed by atoms with Crippen molar-refractivity contribution in [3.63, 3.8) is 0 Å². The molecule has 1 aliphatic carbocycles. The van der Waals surface area contributed by atoms with Crippen LogP contribution < -0.4 is 10.2 Å². The second-order valence-corrected chi connectivity index (χ2v) is 5.87. The van der Waals surface area contributed by atoms with Crippen molar-refractivity contribution in [1.82, 2.24) is 9.97 Å². The van der Waals surface area contributed by atoms with Gasteiger partial charge in [0.15, 0.2) is 5.82 Å². The molecule has 3 heterocycles. The second-order valence-electron chi connectivity index (χ2n) is 5.87. The van der Waals surface area contributed by atoms with E-state index in [9.17, 15) is 4.79 Å². The van der Waals surface area contributed by atoms with Gasteiger partial charge in [0.25, 0.3) is 5.91 Å². The van der Waals surface area contributed by atoms with Gasteiger partial charge in [-0.3, -0.25) is 4.79 Å². The van der Waals surface area contributed by atoms with Gasteiger partial charge >= 0.3 is 0 Å². The molecule has 112 valence electrons. The molecule has 2 aromatic rings. The third kappa shape index (κ3) is 2.13. The fraction of sp³-hybridized carbons (Fsp3) is 0.353. The topological polar surface area (TPSA) is 58.1 Å². The van der Waals surface area contributed by atoms with E-state index < -0.39 is 0 Å². The number of hydrogen-bond acceptors (Lipinski definition) is 4. The normalized spacial score (nSPS) is 18.2. The van der Waals surface area contributed by atoms with Gasteiger partial charge in [0.1, 0.15) is 5.82 Å². The van der Waals surface area contributed by atoms with E-state index in [-0.39, 0.29) is 5.91 Å². The lowest BCUT2D eigenvalue weighted by Gasteiger charge is -2.34. The summed E-state index contributed by atoms with van der Waals surface area (Å²) >= 11 is 0. The number of amides is 1. The van der Waals surface area contributed by atoms with Gasteiger partial charge in [0.2, 0.25) is 0 Å². The van der Waals surface area contributed by atoms with Crippen molar-refractivity contribution in [2.45, 2.75) is 38.1 Å². The first-order chi connectivity index (χ1) is 10.8. The molecule has 5 heteroatoms. The number of hydrogen-bond donors (Lipinski definition) is 1. The maximum Gasteiger partial charge on any atom is 0.259 e. The van der Waals surface area contributed by atoms with Gasteiger partial charge in [-0.25, -0.2) is 9.97 Å². The zero-order valence-corrected chi connectivity index (χ0v) is 12.3. The van der Waals surface area contributed by atoms with Gasteiger partial charge in [-0.15, -0.1) is 0 Å². The molecule has 0 unspecified atom stereocenters. The molecular formula is C17H18N4O. The van der Waals surface area contributed by atoms with Crippen molar-refractivity contribution in [1.29, 1.82) is 0 Å². The number of pyridine rings is 2. The van der Waals surface area contributed by atoms with Crippen LogP contribution in [0.15, 0.2) is 36.7 Å². The lowest BCUT2D eigenvalue weighted by atomic mass is 9.94. The van der Waals surface area contributed by atoms with Crippen LogP contribution in [-0.4, -0.2) is 21.9 Å². The van der Waals surface area contributed by atoms with Gasteiger partial charge in [-0.05, 0) is 37.1 Å². The van der Waals surface area contributed by atoms with Crippen molar-refractivity contribution < 1.29 is 4.79 Å². The Labute approximate surface area is 129 Å². The summed E-state index contributed by atoms with van der Waals surface area (Å²) in [6.07, 6.45) is 9.45. The Morgan fingerprint density at radius 1 is 1.00 bits per heavy atom. The van der Waals surface area contributed by atoms with E-state index in [1.165, 1.54) is 19.3 Å². The predicted octanol–water partition coefficient (Wildman–Crippen LogP) is 3.51. The molecule has 2 aliphatic rings. The largest absolute Gasteiger partial charge is 0.319 e. The first-order valence-electron chi connectivity index (χ1n) is 7.85. The number of aromatic nitrogens is 2. The second kappa shape index (κ2) is 5.40. The molecule has 1 N–H and O–H groups in total. The molecule has 22 heavy (non-hydrogen) atoms. The summed E-state index contributed by atoms with van der Waals surface area (Å²) in [5, 5.41) is 2.96. The summed E-state index contributed by atoms with van der Waals surface area (Å²) in [4.78, 5) is 23.7. The number of rotatable bonds is 1. The highest BCUT2D eigenvalue weighted by molar-refractivity contribution is 6.11. The maximum atomic E-state index is 12.5. The zero-order chi connectivity index (χ0) is 14.9. The average molecular weight is 294 g/mol. The van der Waals surface area contributed by atoms with Crippen LogP contribution in [0.3, 0.4) is 0 Å². The van der Waals surface area contributed by atoms with Gasteiger partial charge < -0.3 is 10.2 Å². The fourth-order valence-electron chi connectivity index (χ4n) is 3.43. The number of anilines is 3. The smallest absolute Gasteiger partial charge is 0.259 e. The van der Waals surface area contributed by atoms with Crippen molar-refractivity contribution in [3.8, 4) is 0 Å². The third-order valence-electron chi connectivity index (χ3n) is 4.46. The molecule has 5 nitrogen and oxygen atoms in total. The van der Waals surface area contributed by atoms with Crippen LogP contribution in [0.5, 0.6) is 0 Å². The molecular weight excluding hydrogens is 276 g/mol. The molecule has 1 fully saturated rings. The van der Waals surface area contributed by atoms with Crippen LogP contribution in [0, 0.1) is 0 Å². The molecule has 0 atom stereocenters. The van der Waals surface area contributed by atoms with E-state index in [1.807, 2.05) is 18.2 Å². The highest BCUT2D eigenvalue weighted by Gasteiger charge is 2.32. The number of fused-ring (bicyclic) bond motifs is 2. The van der Waals surface area contributed by atoms with Crippen LogP contribution in [0.25, 0.3) is 0 Å². The summed E-state index contributed by atoms with van der Waals surface area (Å²) in [6, 6.07) is 7.74. The van der Waals surface area contributed by atoms with E-state index in [2.05, 4.69) is 20.2 Å². The van der Waals surface area contributed by atoms with E-state index in [4.69, 9.17) is 0 Å². The molecule has 2 aromatic heterocycles. The SMILES string of the molecule is O=C1Nc2cccnc2N(C2CCCCC2)c2ncccc21. The molecule has 1 amide bonds. The van der Waals surface area contributed by atoms with Crippen molar-refractivity contribution in [2.75, 3.05) is 10.2 Å². The van der Waals surface area contributed by atoms with Crippen LogP contribution in [-0.2, 0) is 0 Å². The lowest BCUT2D eigenvalue weighted by Crippen LogP contribution is -2.34. The molecule has 1 aliphatic heterocycles. The standard InChI is InChI=1S/C17H18N4O/c22-17-13-8-4-10-18-15(13)21(12-6-2-1-3-7-12)16-14(20-17)9-5-11-19-16/h4-5,8-12H,1-3,6-7H2,(H,20,22). The average Bonchev–Trinajstić information content (AvgIpc) is 2.70. The number of carbonyl (C=O) groups is 1. The monoisotopic (exact) mass is 294 g/mol. The zero-order valence-electron chi connectivity index (χ0n) is 12.3.